The molecule has 0 fully saturated rings. The molecule has 1 atom stereocenters. The van der Waals surface area contributed by atoms with E-state index in [1.165, 1.54) is 0 Å². The molecule has 0 saturated heterocycles. The Hall–Kier alpha value is -0.610. The maximum absolute atomic E-state index is 6.06. The van der Waals surface area contributed by atoms with Crippen molar-refractivity contribution in [2.75, 3.05) is 20.7 Å². The Labute approximate surface area is 89.4 Å². The minimum absolute atomic E-state index is 0.00583. The van der Waals surface area contributed by atoms with Crippen molar-refractivity contribution in [1.82, 2.24) is 5.06 Å². The lowest BCUT2D eigenvalue weighted by Gasteiger charge is -2.25. The Bertz CT molecular complexity index is 293. The smallest absolute Gasteiger partial charge is 0.0735 e. The molecule has 0 spiro atoms. The quantitative estimate of drug-likeness (QED) is 0.778. The third kappa shape index (κ3) is 2.45. The predicted molar refractivity (Wildman–Crippen MR) is 58.0 cm³/mol. The molecule has 0 bridgehead atoms. The number of halogens is 1. The van der Waals surface area contributed by atoms with Crippen molar-refractivity contribution in [2.24, 2.45) is 5.73 Å². The number of rotatable bonds is 4. The maximum atomic E-state index is 6.06. The summed E-state index contributed by atoms with van der Waals surface area (Å²) in [6.45, 7) is 0.466. The van der Waals surface area contributed by atoms with Crippen LogP contribution in [-0.2, 0) is 4.84 Å². The van der Waals surface area contributed by atoms with Crippen LogP contribution in [-0.4, -0.2) is 25.8 Å². The van der Waals surface area contributed by atoms with Crippen LogP contribution >= 0.6 is 11.6 Å². The SMILES string of the molecule is CON(C)C(CN)c1ccccc1Cl. The van der Waals surface area contributed by atoms with Gasteiger partial charge in [-0.25, -0.2) is 0 Å². The number of hydroxylamine groups is 2. The lowest BCUT2D eigenvalue weighted by Crippen LogP contribution is -2.29. The maximum Gasteiger partial charge on any atom is 0.0735 e. The lowest BCUT2D eigenvalue weighted by atomic mass is 10.1. The van der Waals surface area contributed by atoms with Gasteiger partial charge in [-0.3, -0.25) is 0 Å². The fourth-order valence-corrected chi connectivity index (χ4v) is 1.61. The van der Waals surface area contributed by atoms with Gasteiger partial charge in [0.05, 0.1) is 13.2 Å². The van der Waals surface area contributed by atoms with Gasteiger partial charge in [-0.2, -0.15) is 5.06 Å². The van der Waals surface area contributed by atoms with E-state index in [2.05, 4.69) is 0 Å². The van der Waals surface area contributed by atoms with Gasteiger partial charge in [-0.05, 0) is 11.6 Å². The molecular weight excluding hydrogens is 200 g/mol. The molecule has 0 aliphatic rings. The van der Waals surface area contributed by atoms with E-state index in [9.17, 15) is 0 Å². The molecule has 0 aliphatic heterocycles. The Kier molecular flexibility index (Phi) is 4.35. The van der Waals surface area contributed by atoms with Crippen molar-refractivity contribution in [3.63, 3.8) is 0 Å². The zero-order chi connectivity index (χ0) is 10.6. The fourth-order valence-electron chi connectivity index (χ4n) is 1.34. The third-order valence-electron chi connectivity index (χ3n) is 2.21. The van der Waals surface area contributed by atoms with Crippen molar-refractivity contribution in [2.45, 2.75) is 6.04 Å². The van der Waals surface area contributed by atoms with E-state index in [0.717, 1.165) is 5.56 Å². The topological polar surface area (TPSA) is 38.5 Å². The van der Waals surface area contributed by atoms with Crippen LogP contribution < -0.4 is 5.73 Å². The summed E-state index contributed by atoms with van der Waals surface area (Å²) in [6, 6.07) is 7.63. The van der Waals surface area contributed by atoms with Crippen LogP contribution in [0.3, 0.4) is 0 Å². The van der Waals surface area contributed by atoms with Gasteiger partial charge in [0, 0.05) is 18.6 Å². The van der Waals surface area contributed by atoms with E-state index >= 15 is 0 Å². The van der Waals surface area contributed by atoms with Crippen LogP contribution in [0.2, 0.25) is 5.02 Å². The number of nitrogens with zero attached hydrogens (tertiary/aromatic N) is 1. The predicted octanol–water partition coefficient (Wildman–Crippen LogP) is 1.83. The Morgan fingerprint density at radius 3 is 2.64 bits per heavy atom. The number of hydrogen-bond donors (Lipinski definition) is 1. The zero-order valence-corrected chi connectivity index (χ0v) is 9.16. The summed E-state index contributed by atoms with van der Waals surface area (Å²) < 4.78 is 0. The van der Waals surface area contributed by atoms with Crippen molar-refractivity contribution in [3.8, 4) is 0 Å². The molecule has 0 radical (unpaired) electrons. The summed E-state index contributed by atoms with van der Waals surface area (Å²) in [7, 11) is 3.44. The average molecular weight is 215 g/mol. The molecule has 0 heterocycles. The summed E-state index contributed by atoms with van der Waals surface area (Å²) in [4.78, 5) is 5.11. The molecule has 1 aromatic carbocycles. The number of benzene rings is 1. The van der Waals surface area contributed by atoms with Crippen molar-refractivity contribution in [3.05, 3.63) is 34.9 Å². The van der Waals surface area contributed by atoms with Crippen LogP contribution in [0.4, 0.5) is 0 Å². The summed E-state index contributed by atoms with van der Waals surface area (Å²) >= 11 is 6.06. The van der Waals surface area contributed by atoms with Crippen LogP contribution in [0.1, 0.15) is 11.6 Å². The van der Waals surface area contributed by atoms with Gasteiger partial charge in [0.2, 0.25) is 0 Å². The molecule has 4 heteroatoms. The number of hydrogen-bond acceptors (Lipinski definition) is 3. The summed E-state index contributed by atoms with van der Waals surface area (Å²) in [6.07, 6.45) is 0. The first kappa shape index (κ1) is 11.5. The molecule has 2 N–H and O–H groups in total. The highest BCUT2D eigenvalue weighted by Gasteiger charge is 2.17. The van der Waals surface area contributed by atoms with E-state index in [4.69, 9.17) is 22.2 Å². The highest BCUT2D eigenvalue weighted by atomic mass is 35.5. The first-order valence-electron chi connectivity index (χ1n) is 4.42. The molecule has 0 amide bonds. The summed E-state index contributed by atoms with van der Waals surface area (Å²) in [5.41, 5.74) is 6.66. The van der Waals surface area contributed by atoms with Gasteiger partial charge in [0.25, 0.3) is 0 Å². The van der Waals surface area contributed by atoms with E-state index in [1.807, 2.05) is 31.3 Å². The Morgan fingerprint density at radius 1 is 1.50 bits per heavy atom. The van der Waals surface area contributed by atoms with Gasteiger partial charge in [0.15, 0.2) is 0 Å². The summed E-state index contributed by atoms with van der Waals surface area (Å²) in [5, 5.41) is 2.41. The Morgan fingerprint density at radius 2 is 2.14 bits per heavy atom. The van der Waals surface area contributed by atoms with E-state index in [1.54, 1.807) is 12.2 Å². The highest BCUT2D eigenvalue weighted by Crippen LogP contribution is 2.25. The largest absolute Gasteiger partial charge is 0.329 e. The lowest BCUT2D eigenvalue weighted by molar-refractivity contribution is -0.140. The highest BCUT2D eigenvalue weighted by molar-refractivity contribution is 6.31. The van der Waals surface area contributed by atoms with E-state index in [0.29, 0.717) is 11.6 Å². The molecule has 0 saturated carbocycles. The molecule has 0 aromatic heterocycles. The second kappa shape index (κ2) is 5.32. The molecule has 0 aliphatic carbocycles. The van der Waals surface area contributed by atoms with Gasteiger partial charge in [-0.15, -0.1) is 0 Å². The molecule has 1 rings (SSSR count). The Balaban J connectivity index is 2.94. The van der Waals surface area contributed by atoms with Crippen molar-refractivity contribution >= 4 is 11.6 Å². The minimum atomic E-state index is -0.00583. The first-order valence-corrected chi connectivity index (χ1v) is 4.80. The molecular formula is C10H15ClN2O. The van der Waals surface area contributed by atoms with Crippen LogP contribution in [0.25, 0.3) is 0 Å². The van der Waals surface area contributed by atoms with Gasteiger partial charge in [0.1, 0.15) is 0 Å². The van der Waals surface area contributed by atoms with Crippen molar-refractivity contribution in [1.29, 1.82) is 0 Å². The van der Waals surface area contributed by atoms with Gasteiger partial charge in [-0.1, -0.05) is 29.8 Å². The second-order valence-corrected chi connectivity index (χ2v) is 3.41. The normalized spacial score (nSPS) is 13.2. The molecule has 14 heavy (non-hydrogen) atoms. The average Bonchev–Trinajstić information content (AvgIpc) is 2.21. The van der Waals surface area contributed by atoms with E-state index in [-0.39, 0.29) is 6.04 Å². The number of likely N-dealkylation sites (N-methyl/N-ethyl adjacent to an activating group) is 1. The van der Waals surface area contributed by atoms with Gasteiger partial charge < -0.3 is 10.6 Å². The molecule has 1 unspecified atom stereocenters. The van der Waals surface area contributed by atoms with Crippen molar-refractivity contribution < 1.29 is 4.84 Å². The molecule has 78 valence electrons. The van der Waals surface area contributed by atoms with Crippen LogP contribution in [0, 0.1) is 0 Å². The molecule has 3 nitrogen and oxygen atoms in total. The number of nitrogens with two attached hydrogens (primary N) is 1. The third-order valence-corrected chi connectivity index (χ3v) is 2.56. The van der Waals surface area contributed by atoms with Crippen LogP contribution in [0.15, 0.2) is 24.3 Å². The first-order chi connectivity index (χ1) is 6.70. The minimum Gasteiger partial charge on any atom is -0.329 e. The second-order valence-electron chi connectivity index (χ2n) is 3.00. The monoisotopic (exact) mass is 214 g/mol. The fraction of sp³-hybridized carbons (Fsp3) is 0.400. The standard InChI is InChI=1S/C10H15ClN2O/c1-13(14-2)10(7-12)8-5-3-4-6-9(8)11/h3-6,10H,7,12H2,1-2H3. The van der Waals surface area contributed by atoms with Gasteiger partial charge >= 0.3 is 0 Å². The molecule has 1 aromatic rings. The zero-order valence-electron chi connectivity index (χ0n) is 8.40. The van der Waals surface area contributed by atoms with E-state index < -0.39 is 0 Å². The van der Waals surface area contributed by atoms with Crippen LogP contribution in [0.5, 0.6) is 0 Å². The summed E-state index contributed by atoms with van der Waals surface area (Å²) in [5.74, 6) is 0.